The predicted molar refractivity (Wildman–Crippen MR) is 71.7 cm³/mol. The van der Waals surface area contributed by atoms with Crippen LogP contribution < -0.4 is 15.4 Å². The molecule has 0 aliphatic carbocycles. The Bertz CT molecular complexity index is 314. The Labute approximate surface area is 104 Å². The van der Waals surface area contributed by atoms with E-state index in [4.69, 9.17) is 0 Å². The third kappa shape index (κ3) is 11.4. The average molecular weight is 264 g/mol. The number of hydrogen-bond donors (Lipinski definition) is 3. The molecule has 0 fully saturated rings. The van der Waals surface area contributed by atoms with E-state index >= 15 is 0 Å². The van der Waals surface area contributed by atoms with E-state index in [1.165, 1.54) is 0 Å². The zero-order valence-corrected chi connectivity index (χ0v) is 11.7. The highest BCUT2D eigenvalue weighted by atomic mass is 32.2. The van der Waals surface area contributed by atoms with Gasteiger partial charge in [-0.3, -0.25) is 4.99 Å². The predicted octanol–water partition coefficient (Wildman–Crippen LogP) is -0.109. The van der Waals surface area contributed by atoms with Crippen molar-refractivity contribution in [1.82, 2.24) is 15.4 Å². The number of aliphatic imine (C=N–C) groups is 1. The summed E-state index contributed by atoms with van der Waals surface area (Å²) in [6.45, 7) is 4.17. The van der Waals surface area contributed by atoms with Gasteiger partial charge in [0.1, 0.15) is 0 Å². The summed E-state index contributed by atoms with van der Waals surface area (Å²) in [6.07, 6.45) is 4.13. The van der Waals surface area contributed by atoms with Crippen LogP contribution in [-0.2, 0) is 10.0 Å². The standard InChI is InChI=1S/C10H24N4O2S/c1-4-5-7-12-10(11-2)13-8-6-9-14-17(3,15)16/h14H,4-9H2,1-3H3,(H2,11,12,13). The first-order valence-electron chi connectivity index (χ1n) is 5.88. The van der Waals surface area contributed by atoms with E-state index in [0.717, 1.165) is 38.0 Å². The van der Waals surface area contributed by atoms with Gasteiger partial charge in [0.2, 0.25) is 10.0 Å². The van der Waals surface area contributed by atoms with Gasteiger partial charge in [-0.2, -0.15) is 0 Å². The van der Waals surface area contributed by atoms with E-state index in [2.05, 4.69) is 27.3 Å². The number of nitrogens with one attached hydrogen (secondary N) is 3. The maximum absolute atomic E-state index is 10.8. The monoisotopic (exact) mass is 264 g/mol. The van der Waals surface area contributed by atoms with Gasteiger partial charge in [-0.25, -0.2) is 13.1 Å². The highest BCUT2D eigenvalue weighted by Crippen LogP contribution is 1.83. The van der Waals surface area contributed by atoms with Crippen LogP contribution in [0.3, 0.4) is 0 Å². The van der Waals surface area contributed by atoms with Crippen molar-refractivity contribution in [3.05, 3.63) is 0 Å². The number of hydrogen-bond acceptors (Lipinski definition) is 3. The molecule has 0 saturated heterocycles. The SMILES string of the molecule is CCCCNC(=NC)NCCCNS(C)(=O)=O. The third-order valence-electron chi connectivity index (χ3n) is 2.06. The van der Waals surface area contributed by atoms with Crippen molar-refractivity contribution in [1.29, 1.82) is 0 Å². The summed E-state index contributed by atoms with van der Waals surface area (Å²) in [5.74, 6) is 0.762. The van der Waals surface area contributed by atoms with Crippen LogP contribution in [0.4, 0.5) is 0 Å². The molecule has 0 aromatic rings. The minimum atomic E-state index is -3.07. The fourth-order valence-corrected chi connectivity index (χ4v) is 1.67. The Balaban J connectivity index is 3.57. The largest absolute Gasteiger partial charge is 0.356 e. The Kier molecular flexibility index (Phi) is 8.79. The molecule has 3 N–H and O–H groups in total. The summed E-state index contributed by atoms with van der Waals surface area (Å²) in [7, 11) is -1.35. The molecule has 6 nitrogen and oxygen atoms in total. The molecule has 0 heterocycles. The summed E-state index contributed by atoms with van der Waals surface area (Å²) in [6, 6.07) is 0. The van der Waals surface area contributed by atoms with Crippen LogP contribution in [0, 0.1) is 0 Å². The van der Waals surface area contributed by atoms with Gasteiger partial charge in [-0.05, 0) is 12.8 Å². The minimum absolute atomic E-state index is 0.442. The van der Waals surface area contributed by atoms with Gasteiger partial charge in [0.05, 0.1) is 6.26 Å². The Morgan fingerprint density at radius 1 is 1.12 bits per heavy atom. The summed E-state index contributed by atoms with van der Waals surface area (Å²) in [5.41, 5.74) is 0. The second-order valence-electron chi connectivity index (χ2n) is 3.80. The first kappa shape index (κ1) is 16.2. The van der Waals surface area contributed by atoms with Gasteiger partial charge in [-0.15, -0.1) is 0 Å². The molecule has 7 heteroatoms. The van der Waals surface area contributed by atoms with Gasteiger partial charge in [0, 0.05) is 26.7 Å². The van der Waals surface area contributed by atoms with E-state index in [9.17, 15) is 8.42 Å². The molecule has 0 aliphatic rings. The van der Waals surface area contributed by atoms with Crippen LogP contribution in [0.25, 0.3) is 0 Å². The van der Waals surface area contributed by atoms with Crippen molar-refractivity contribution in [3.63, 3.8) is 0 Å². The number of unbranched alkanes of at least 4 members (excludes halogenated alkanes) is 1. The van der Waals surface area contributed by atoms with Crippen LogP contribution in [0.1, 0.15) is 26.2 Å². The second-order valence-corrected chi connectivity index (χ2v) is 5.63. The first-order valence-corrected chi connectivity index (χ1v) is 7.78. The lowest BCUT2D eigenvalue weighted by Gasteiger charge is -2.11. The molecule has 0 aliphatic heterocycles. The molecule has 0 bridgehead atoms. The Hall–Kier alpha value is -0.820. The molecule has 0 amide bonds. The zero-order chi connectivity index (χ0) is 13.1. The number of guanidine groups is 1. The summed E-state index contributed by atoms with van der Waals surface area (Å²) < 4.78 is 24.0. The van der Waals surface area contributed by atoms with Crippen LogP contribution >= 0.6 is 0 Å². The molecule has 17 heavy (non-hydrogen) atoms. The Morgan fingerprint density at radius 2 is 1.71 bits per heavy atom. The van der Waals surface area contributed by atoms with Crippen LogP contribution in [0.15, 0.2) is 4.99 Å². The lowest BCUT2D eigenvalue weighted by Crippen LogP contribution is -2.39. The van der Waals surface area contributed by atoms with Crippen molar-refractivity contribution in [3.8, 4) is 0 Å². The third-order valence-corrected chi connectivity index (χ3v) is 2.79. The van der Waals surface area contributed by atoms with Crippen molar-refractivity contribution in [2.24, 2.45) is 4.99 Å². The molecule has 0 rings (SSSR count). The fraction of sp³-hybridized carbons (Fsp3) is 0.900. The van der Waals surface area contributed by atoms with E-state index in [-0.39, 0.29) is 0 Å². The van der Waals surface area contributed by atoms with E-state index < -0.39 is 10.0 Å². The normalized spacial score (nSPS) is 12.5. The van der Waals surface area contributed by atoms with Gasteiger partial charge in [0.15, 0.2) is 5.96 Å². The van der Waals surface area contributed by atoms with Gasteiger partial charge >= 0.3 is 0 Å². The quantitative estimate of drug-likeness (QED) is 0.324. The maximum atomic E-state index is 10.8. The molecule has 0 saturated carbocycles. The molecule has 102 valence electrons. The Morgan fingerprint density at radius 3 is 2.18 bits per heavy atom. The molecule has 0 aromatic carbocycles. The number of nitrogens with zero attached hydrogens (tertiary/aromatic N) is 1. The van der Waals surface area contributed by atoms with Crippen molar-refractivity contribution >= 4 is 16.0 Å². The summed E-state index contributed by atoms with van der Waals surface area (Å²) >= 11 is 0. The highest BCUT2D eigenvalue weighted by Gasteiger charge is 1.99. The molecule has 0 aromatic heterocycles. The maximum Gasteiger partial charge on any atom is 0.208 e. The lowest BCUT2D eigenvalue weighted by molar-refractivity contribution is 0.584. The summed E-state index contributed by atoms with van der Waals surface area (Å²) in [5, 5.41) is 6.30. The number of rotatable bonds is 8. The van der Waals surface area contributed by atoms with Gasteiger partial charge in [0.25, 0.3) is 0 Å². The van der Waals surface area contributed by atoms with Crippen LogP contribution in [-0.4, -0.2) is 47.3 Å². The molecular formula is C10H24N4O2S. The smallest absolute Gasteiger partial charge is 0.208 e. The van der Waals surface area contributed by atoms with E-state index in [1.807, 2.05) is 0 Å². The van der Waals surface area contributed by atoms with Gasteiger partial charge in [-0.1, -0.05) is 13.3 Å². The lowest BCUT2D eigenvalue weighted by atomic mass is 10.3. The summed E-state index contributed by atoms with van der Waals surface area (Å²) in [4.78, 5) is 4.06. The highest BCUT2D eigenvalue weighted by molar-refractivity contribution is 7.88. The number of sulfonamides is 1. The average Bonchev–Trinajstić information content (AvgIpc) is 2.25. The molecular weight excluding hydrogens is 240 g/mol. The van der Waals surface area contributed by atoms with Crippen molar-refractivity contribution in [2.45, 2.75) is 26.2 Å². The fourth-order valence-electron chi connectivity index (χ4n) is 1.16. The molecule has 0 radical (unpaired) electrons. The topological polar surface area (TPSA) is 82.6 Å². The van der Waals surface area contributed by atoms with Crippen molar-refractivity contribution < 1.29 is 8.42 Å². The van der Waals surface area contributed by atoms with E-state index in [1.54, 1.807) is 7.05 Å². The minimum Gasteiger partial charge on any atom is -0.356 e. The zero-order valence-electron chi connectivity index (χ0n) is 10.9. The molecule has 0 spiro atoms. The van der Waals surface area contributed by atoms with Crippen LogP contribution in [0.2, 0.25) is 0 Å². The molecule has 0 unspecified atom stereocenters. The molecule has 0 atom stereocenters. The van der Waals surface area contributed by atoms with E-state index in [0.29, 0.717) is 13.1 Å². The van der Waals surface area contributed by atoms with Gasteiger partial charge < -0.3 is 10.6 Å². The van der Waals surface area contributed by atoms with Crippen molar-refractivity contribution in [2.75, 3.05) is 32.9 Å². The van der Waals surface area contributed by atoms with Crippen LogP contribution in [0.5, 0.6) is 0 Å². The first-order chi connectivity index (χ1) is 7.99. The second kappa shape index (κ2) is 9.23.